The zero-order chi connectivity index (χ0) is 8.27. The molecular formula is C7H8FIN2. The lowest BCUT2D eigenvalue weighted by atomic mass is 10.2. The van der Waals surface area contributed by atoms with Crippen LogP contribution in [0.1, 0.15) is 6.92 Å². The molecule has 4 heteroatoms. The molecule has 0 aromatic carbocycles. The largest absolute Gasteiger partial charge is 0.313 e. The van der Waals surface area contributed by atoms with Crippen LogP contribution in [-0.4, -0.2) is 12.4 Å². The first kappa shape index (κ1) is 8.70. The van der Waals surface area contributed by atoms with Crippen LogP contribution in [0.5, 0.6) is 0 Å². The number of allylic oxidation sites excluding steroid dienone is 2. The fourth-order valence-electron chi connectivity index (χ4n) is 0.715. The second kappa shape index (κ2) is 3.85. The summed E-state index contributed by atoms with van der Waals surface area (Å²) in [5.41, 5.74) is 0.649. The average Bonchev–Trinajstić information content (AvgIpc) is 2.15. The van der Waals surface area contributed by atoms with E-state index in [0.717, 1.165) is 0 Å². The molecule has 0 radical (unpaired) electrons. The van der Waals surface area contributed by atoms with E-state index in [0.29, 0.717) is 18.0 Å². The molecule has 0 atom stereocenters. The number of rotatable bonds is 0. The molecule has 1 heterocycles. The summed E-state index contributed by atoms with van der Waals surface area (Å²) >= 11 is 1.93. The van der Waals surface area contributed by atoms with Gasteiger partial charge in [-0.05, 0) is 12.5 Å². The predicted molar refractivity (Wildman–Crippen MR) is 52.4 cm³/mol. The molecule has 0 saturated carbocycles. The van der Waals surface area contributed by atoms with Crippen LogP contribution in [0.2, 0.25) is 0 Å². The highest BCUT2D eigenvalue weighted by molar-refractivity contribution is 14.1. The van der Waals surface area contributed by atoms with Gasteiger partial charge in [-0.1, -0.05) is 6.08 Å². The van der Waals surface area contributed by atoms with Crippen LogP contribution in [0.25, 0.3) is 0 Å². The summed E-state index contributed by atoms with van der Waals surface area (Å²) in [5.74, 6) is 0.363. The van der Waals surface area contributed by atoms with Gasteiger partial charge in [-0.2, -0.15) is 0 Å². The summed E-state index contributed by atoms with van der Waals surface area (Å²) in [6, 6.07) is 0. The van der Waals surface area contributed by atoms with Crippen LogP contribution < -0.4 is 3.53 Å². The van der Waals surface area contributed by atoms with Crippen molar-refractivity contribution in [2.24, 2.45) is 4.99 Å². The Hall–Kier alpha value is -0.390. The standard InChI is InChI=1S/C7H8FIN2/c1-5-2-3-10-7(11-9)4-6(5)8/h2,4H,3H2,1H3,(H,10,11). The van der Waals surface area contributed by atoms with Gasteiger partial charge in [0, 0.05) is 6.08 Å². The first-order valence-electron chi connectivity index (χ1n) is 3.19. The van der Waals surface area contributed by atoms with E-state index in [1.807, 2.05) is 22.9 Å². The lowest BCUT2D eigenvalue weighted by Crippen LogP contribution is -2.08. The number of hydrogen-bond acceptors (Lipinski definition) is 2. The maximum absolute atomic E-state index is 12.9. The van der Waals surface area contributed by atoms with Crippen molar-refractivity contribution in [2.75, 3.05) is 6.54 Å². The smallest absolute Gasteiger partial charge is 0.132 e. The molecule has 1 N–H and O–H groups in total. The molecule has 1 rings (SSSR count). The molecule has 11 heavy (non-hydrogen) atoms. The normalized spacial score (nSPS) is 17.9. The topological polar surface area (TPSA) is 24.4 Å². The van der Waals surface area contributed by atoms with Crippen molar-refractivity contribution in [1.82, 2.24) is 3.53 Å². The molecule has 1 aliphatic rings. The van der Waals surface area contributed by atoms with Crippen LogP contribution in [0.4, 0.5) is 4.39 Å². The summed E-state index contributed by atoms with van der Waals surface area (Å²) in [7, 11) is 0. The molecule has 0 aromatic heterocycles. The van der Waals surface area contributed by atoms with Crippen LogP contribution in [0.3, 0.4) is 0 Å². The van der Waals surface area contributed by atoms with Crippen LogP contribution in [0, 0.1) is 0 Å². The number of nitrogens with zero attached hydrogens (tertiary/aromatic N) is 1. The van der Waals surface area contributed by atoms with Gasteiger partial charge in [-0.25, -0.2) is 4.39 Å². The van der Waals surface area contributed by atoms with E-state index < -0.39 is 0 Å². The first-order chi connectivity index (χ1) is 5.24. The van der Waals surface area contributed by atoms with E-state index in [1.165, 1.54) is 6.08 Å². The fraction of sp³-hybridized carbons (Fsp3) is 0.286. The zero-order valence-electron chi connectivity index (χ0n) is 6.06. The highest BCUT2D eigenvalue weighted by atomic mass is 127. The van der Waals surface area contributed by atoms with Crippen molar-refractivity contribution in [1.29, 1.82) is 0 Å². The molecule has 0 spiro atoms. The van der Waals surface area contributed by atoms with Crippen molar-refractivity contribution in [3.63, 3.8) is 0 Å². The Morgan fingerprint density at radius 3 is 3.09 bits per heavy atom. The molecule has 2 nitrogen and oxygen atoms in total. The second-order valence-electron chi connectivity index (χ2n) is 2.20. The molecule has 1 aliphatic heterocycles. The van der Waals surface area contributed by atoms with Gasteiger partial charge in [-0.3, -0.25) is 4.99 Å². The van der Waals surface area contributed by atoms with Crippen LogP contribution >= 0.6 is 22.9 Å². The van der Waals surface area contributed by atoms with Crippen LogP contribution in [0.15, 0.2) is 28.5 Å². The van der Waals surface area contributed by atoms with Gasteiger partial charge in [0.25, 0.3) is 0 Å². The van der Waals surface area contributed by atoms with Gasteiger partial charge in [0.05, 0.1) is 29.4 Å². The summed E-state index contributed by atoms with van der Waals surface area (Å²) in [5, 5.41) is 0. The quantitative estimate of drug-likeness (QED) is 0.527. The summed E-state index contributed by atoms with van der Waals surface area (Å²) in [6.07, 6.45) is 3.15. The Kier molecular flexibility index (Phi) is 3.04. The Balaban J connectivity index is 2.87. The van der Waals surface area contributed by atoms with E-state index in [2.05, 4.69) is 8.52 Å². The Morgan fingerprint density at radius 2 is 2.45 bits per heavy atom. The third-order valence-corrected chi connectivity index (χ3v) is 1.95. The Labute approximate surface area is 78.8 Å². The second-order valence-corrected chi connectivity index (χ2v) is 2.74. The summed E-state index contributed by atoms with van der Waals surface area (Å²) in [4.78, 5) is 4.05. The van der Waals surface area contributed by atoms with E-state index in [4.69, 9.17) is 0 Å². The van der Waals surface area contributed by atoms with E-state index in [1.54, 1.807) is 13.0 Å². The Morgan fingerprint density at radius 1 is 1.73 bits per heavy atom. The first-order valence-corrected chi connectivity index (χ1v) is 4.27. The molecule has 0 aliphatic carbocycles. The van der Waals surface area contributed by atoms with Gasteiger partial charge < -0.3 is 3.53 Å². The van der Waals surface area contributed by atoms with Gasteiger partial charge >= 0.3 is 0 Å². The number of halogens is 2. The van der Waals surface area contributed by atoms with Crippen LogP contribution in [-0.2, 0) is 0 Å². The third-order valence-electron chi connectivity index (χ3n) is 1.40. The third kappa shape index (κ3) is 2.28. The average molecular weight is 266 g/mol. The van der Waals surface area contributed by atoms with Gasteiger partial charge in [-0.15, -0.1) is 0 Å². The van der Waals surface area contributed by atoms with Gasteiger partial charge in [0.2, 0.25) is 0 Å². The van der Waals surface area contributed by atoms with Crippen molar-refractivity contribution in [3.8, 4) is 0 Å². The monoisotopic (exact) mass is 266 g/mol. The molecule has 0 saturated heterocycles. The van der Waals surface area contributed by atoms with Crippen molar-refractivity contribution < 1.29 is 4.39 Å². The maximum atomic E-state index is 12.9. The SMILES string of the molecule is CC1=CCN=C(NI)C=C1F. The maximum Gasteiger partial charge on any atom is 0.132 e. The Bertz CT molecular complexity index is 243. The van der Waals surface area contributed by atoms with Gasteiger partial charge in [0.1, 0.15) is 11.7 Å². The van der Waals surface area contributed by atoms with Crippen molar-refractivity contribution in [3.05, 3.63) is 23.6 Å². The summed E-state index contributed by atoms with van der Waals surface area (Å²) in [6.45, 7) is 2.28. The fourth-order valence-corrected chi connectivity index (χ4v) is 1.04. The molecule has 0 amide bonds. The lowest BCUT2D eigenvalue weighted by Gasteiger charge is -1.94. The molecular weight excluding hydrogens is 258 g/mol. The number of hydrogen-bond donors (Lipinski definition) is 1. The molecule has 0 aromatic rings. The minimum atomic E-state index is -0.217. The van der Waals surface area contributed by atoms with Crippen molar-refractivity contribution in [2.45, 2.75) is 6.92 Å². The predicted octanol–water partition coefficient (Wildman–Crippen LogP) is 2.14. The minimum Gasteiger partial charge on any atom is -0.313 e. The zero-order valence-corrected chi connectivity index (χ0v) is 8.22. The molecule has 0 bridgehead atoms. The molecule has 60 valence electrons. The number of amidine groups is 1. The number of nitrogens with one attached hydrogen (secondary N) is 1. The van der Waals surface area contributed by atoms with Gasteiger partial charge in [0.15, 0.2) is 0 Å². The highest BCUT2D eigenvalue weighted by Crippen LogP contribution is 2.12. The molecule has 0 unspecified atom stereocenters. The lowest BCUT2D eigenvalue weighted by molar-refractivity contribution is 0.653. The summed E-state index contributed by atoms with van der Waals surface area (Å²) < 4.78 is 15.7. The highest BCUT2D eigenvalue weighted by Gasteiger charge is 2.03. The number of aliphatic imine (C=N–C) groups is 1. The minimum absolute atomic E-state index is 0.217. The van der Waals surface area contributed by atoms with Crippen molar-refractivity contribution >= 4 is 28.7 Å². The van der Waals surface area contributed by atoms with E-state index in [9.17, 15) is 4.39 Å². The molecule has 0 fully saturated rings. The van der Waals surface area contributed by atoms with E-state index in [-0.39, 0.29) is 5.83 Å². The van der Waals surface area contributed by atoms with E-state index >= 15 is 0 Å².